The molecule has 6 aromatic rings. The van der Waals surface area contributed by atoms with E-state index < -0.39 is 17.4 Å². The Labute approximate surface area is 389 Å². The fraction of sp³-hybridized carbons (Fsp3) is 0.417. The molecule has 0 aliphatic carbocycles. The molecule has 3 fully saturated rings. The summed E-state index contributed by atoms with van der Waals surface area (Å²) in [6.45, 7) is 16.7. The van der Waals surface area contributed by atoms with Crippen LogP contribution >= 0.6 is 12.8 Å². The van der Waals surface area contributed by atoms with Gasteiger partial charge in [0.25, 0.3) is 5.82 Å². The number of nitrogens with zero attached hydrogens (tertiary/aromatic N) is 10. The van der Waals surface area contributed by atoms with Crippen LogP contribution in [0.25, 0.3) is 33.4 Å². The average molecular weight is 913 g/mol. The molecular weight excluding hydrogens is 857 g/mol. The van der Waals surface area contributed by atoms with E-state index in [0.717, 1.165) is 103 Å². The number of aromatic nitrogens is 6. The van der Waals surface area contributed by atoms with Crippen molar-refractivity contribution in [3.63, 3.8) is 0 Å². The summed E-state index contributed by atoms with van der Waals surface area (Å²) in [4.78, 5) is 60.2. The van der Waals surface area contributed by atoms with Crippen molar-refractivity contribution in [3.8, 4) is 22.4 Å². The summed E-state index contributed by atoms with van der Waals surface area (Å²) in [5, 5.41) is 25.3. The molecule has 0 unspecified atom stereocenters. The molecule has 0 bridgehead atoms. The van der Waals surface area contributed by atoms with E-state index in [-0.39, 0.29) is 24.4 Å². The van der Waals surface area contributed by atoms with Gasteiger partial charge in [0.2, 0.25) is 11.8 Å². The maximum atomic E-state index is 13.3. The lowest BCUT2D eigenvalue weighted by Gasteiger charge is -2.40. The number of aromatic amines is 1. The number of carbonyl (C=O) groups is 3. The highest BCUT2D eigenvalue weighted by atomic mass is 32.1. The van der Waals surface area contributed by atoms with Crippen LogP contribution < -0.4 is 20.0 Å². The molecule has 9 rings (SSSR count). The number of thiol groups is 1. The Balaban J connectivity index is 0.787. The second-order valence-electron chi connectivity index (χ2n) is 18.6. The highest BCUT2D eigenvalue weighted by Gasteiger charge is 2.31. The zero-order valence-electron chi connectivity index (χ0n) is 38.0. The van der Waals surface area contributed by atoms with Crippen molar-refractivity contribution < 1.29 is 24.0 Å². The van der Waals surface area contributed by atoms with E-state index in [4.69, 9.17) is 9.51 Å². The molecule has 7 heterocycles. The number of hydrogen-bond acceptors (Lipinski definition) is 14. The topological polar surface area (TPSA) is 193 Å². The van der Waals surface area contributed by atoms with Gasteiger partial charge in [0.15, 0.2) is 5.65 Å². The van der Waals surface area contributed by atoms with Crippen molar-refractivity contribution in [2.24, 2.45) is 5.92 Å². The van der Waals surface area contributed by atoms with Crippen molar-refractivity contribution in [3.05, 3.63) is 95.4 Å². The van der Waals surface area contributed by atoms with Crippen LogP contribution in [0.4, 0.5) is 22.0 Å². The molecule has 0 radical (unpaired) electrons. The predicted octanol–water partition coefficient (Wildman–Crippen LogP) is 6.70. The summed E-state index contributed by atoms with van der Waals surface area (Å²) in [6, 6.07) is 17.3. The van der Waals surface area contributed by atoms with Crippen molar-refractivity contribution in [1.29, 1.82) is 0 Å². The van der Waals surface area contributed by atoms with Gasteiger partial charge >= 0.3 is 11.9 Å². The maximum Gasteiger partial charge on any atom is 0.328 e. The Morgan fingerprint density at radius 2 is 1.68 bits per heavy atom. The summed E-state index contributed by atoms with van der Waals surface area (Å²) in [5.74, 6) is 1.15. The van der Waals surface area contributed by atoms with Crippen LogP contribution in [0.15, 0.2) is 71.5 Å². The SMILES string of the molecule is Cc1cc(N2CCC(CN3CCN(c4ccc(-c5cnc6[nH]nc(-c7ccc([C@@H](C)N(S)C(=O)c8noc(C(C)(C)C)n8)c(CO)c7)c6c5)cn4)CC3)CC2)ccc1N1CCC(=O)NC1=O. The van der Waals surface area contributed by atoms with Crippen LogP contribution in [0.1, 0.15) is 86.2 Å². The molecule has 17 nitrogen and oxygen atoms in total. The van der Waals surface area contributed by atoms with Gasteiger partial charge < -0.3 is 19.4 Å². The van der Waals surface area contributed by atoms with E-state index in [0.29, 0.717) is 41.7 Å². The summed E-state index contributed by atoms with van der Waals surface area (Å²) >= 11 is 4.51. The van der Waals surface area contributed by atoms with Crippen molar-refractivity contribution >= 4 is 58.9 Å². The lowest BCUT2D eigenvalue weighted by molar-refractivity contribution is -0.120. The van der Waals surface area contributed by atoms with Crippen LogP contribution in [0.2, 0.25) is 0 Å². The van der Waals surface area contributed by atoms with Crippen LogP contribution in [0, 0.1) is 12.8 Å². The molecule has 4 aromatic heterocycles. The Kier molecular flexibility index (Phi) is 12.6. The van der Waals surface area contributed by atoms with E-state index in [1.807, 2.05) is 71.3 Å². The number of piperidine rings is 1. The lowest BCUT2D eigenvalue weighted by atomic mass is 9.95. The Hall–Kier alpha value is -6.37. The smallest absolute Gasteiger partial charge is 0.328 e. The summed E-state index contributed by atoms with van der Waals surface area (Å²) in [6.07, 6.45) is 6.31. The van der Waals surface area contributed by atoms with Gasteiger partial charge in [0, 0.05) is 110 Å². The number of piperazine rings is 1. The van der Waals surface area contributed by atoms with Gasteiger partial charge in [-0.1, -0.05) is 50.9 Å². The fourth-order valence-electron chi connectivity index (χ4n) is 9.18. The van der Waals surface area contributed by atoms with Crippen LogP contribution in [-0.4, -0.2) is 115 Å². The molecule has 344 valence electrons. The number of pyridine rings is 2. The summed E-state index contributed by atoms with van der Waals surface area (Å²) in [7, 11) is 0. The second kappa shape index (κ2) is 18.5. The van der Waals surface area contributed by atoms with Gasteiger partial charge in [-0.15, -0.1) is 0 Å². The number of aliphatic hydroxyl groups is 1. The molecular formula is C48H56N12O5S. The normalized spacial score (nSPS) is 17.1. The summed E-state index contributed by atoms with van der Waals surface area (Å²) < 4.78 is 6.57. The summed E-state index contributed by atoms with van der Waals surface area (Å²) in [5.41, 5.74) is 7.96. The number of urea groups is 1. The molecule has 3 saturated heterocycles. The number of aliphatic hydroxyl groups excluding tert-OH is 1. The van der Waals surface area contributed by atoms with E-state index in [1.165, 1.54) is 9.99 Å². The average Bonchev–Trinajstić information content (AvgIpc) is 4.00. The van der Waals surface area contributed by atoms with Crippen molar-refractivity contribution in [1.82, 2.24) is 44.8 Å². The first-order valence-corrected chi connectivity index (χ1v) is 23.0. The first kappa shape index (κ1) is 44.8. The standard InChI is InChI=1S/C48H56N12O5S/c1-29-22-36(8-10-39(29)59-17-14-41(62)51-47(59)64)57-15-12-31(13-16-57)27-56-18-20-58(21-19-56)40-11-7-33(25-49-40)34-24-38-42(53-54-43(38)50-26-34)32-6-9-37(35(23-32)28-61)30(2)60(66)45(63)44-52-46(65-55-44)48(3,4)5/h6-11,22-26,30-31,61,66H,12-21,27-28H2,1-5H3,(H,50,53,54)(H,51,62,64)/t30-/m1/s1. The van der Waals surface area contributed by atoms with E-state index in [2.05, 4.69) is 88.5 Å². The van der Waals surface area contributed by atoms with Crippen LogP contribution in [0.3, 0.4) is 0 Å². The van der Waals surface area contributed by atoms with Crippen molar-refractivity contribution in [2.75, 3.05) is 67.1 Å². The molecule has 3 aliphatic heterocycles. The molecule has 18 heteroatoms. The van der Waals surface area contributed by atoms with Crippen LogP contribution in [0.5, 0.6) is 0 Å². The molecule has 66 heavy (non-hydrogen) atoms. The number of hydrogen-bond donors (Lipinski definition) is 4. The van der Waals surface area contributed by atoms with Crippen molar-refractivity contribution in [2.45, 2.75) is 71.9 Å². The fourth-order valence-corrected chi connectivity index (χ4v) is 9.39. The second-order valence-corrected chi connectivity index (χ2v) is 19.0. The molecule has 2 aromatic carbocycles. The predicted molar refractivity (Wildman–Crippen MR) is 255 cm³/mol. The van der Waals surface area contributed by atoms with Gasteiger partial charge in [-0.25, -0.2) is 14.8 Å². The third-order valence-electron chi connectivity index (χ3n) is 13.1. The number of imide groups is 1. The third kappa shape index (κ3) is 9.21. The maximum absolute atomic E-state index is 13.3. The van der Waals surface area contributed by atoms with Gasteiger partial charge in [-0.05, 0) is 91.8 Å². The molecule has 1 atom stereocenters. The quantitative estimate of drug-likeness (QED) is 0.101. The highest BCUT2D eigenvalue weighted by molar-refractivity contribution is 7.78. The first-order valence-electron chi connectivity index (χ1n) is 22.6. The zero-order chi connectivity index (χ0) is 46.3. The monoisotopic (exact) mass is 912 g/mol. The Bertz CT molecular complexity index is 2750. The number of fused-ring (bicyclic) bond motifs is 1. The minimum absolute atomic E-state index is 0.0799. The van der Waals surface area contributed by atoms with Gasteiger partial charge in [0.05, 0.1) is 12.6 Å². The van der Waals surface area contributed by atoms with Gasteiger partial charge in [0.1, 0.15) is 11.5 Å². The number of aryl methyl sites for hydroxylation is 1. The van der Waals surface area contributed by atoms with E-state index >= 15 is 0 Å². The minimum atomic E-state index is -0.524. The first-order chi connectivity index (χ1) is 31.7. The number of amides is 4. The highest BCUT2D eigenvalue weighted by Crippen LogP contribution is 2.35. The number of benzene rings is 2. The molecule has 3 N–H and O–H groups in total. The minimum Gasteiger partial charge on any atom is -0.392 e. The van der Waals surface area contributed by atoms with E-state index in [9.17, 15) is 19.5 Å². The van der Waals surface area contributed by atoms with E-state index in [1.54, 1.807) is 4.90 Å². The number of carbonyl (C=O) groups excluding carboxylic acids is 3. The molecule has 4 amide bonds. The molecule has 0 saturated carbocycles. The molecule has 3 aliphatic rings. The van der Waals surface area contributed by atoms with Gasteiger partial charge in [-0.2, -0.15) is 10.1 Å². The zero-order valence-corrected chi connectivity index (χ0v) is 38.9. The number of anilines is 3. The number of nitrogens with one attached hydrogen (secondary N) is 2. The number of rotatable bonds is 11. The third-order valence-corrected chi connectivity index (χ3v) is 13.6. The van der Waals surface area contributed by atoms with Gasteiger partial charge in [-0.3, -0.25) is 34.1 Å². The molecule has 0 spiro atoms. The Morgan fingerprint density at radius 1 is 0.924 bits per heavy atom. The Morgan fingerprint density at radius 3 is 2.36 bits per heavy atom. The number of H-pyrrole nitrogens is 1. The largest absolute Gasteiger partial charge is 0.392 e. The van der Waals surface area contributed by atoms with Crippen LogP contribution in [-0.2, 0) is 16.8 Å². The lowest BCUT2D eigenvalue weighted by Crippen LogP contribution is -2.49.